The number of rotatable bonds is 21. The quantitative estimate of drug-likeness (QED) is 0.0426. The van der Waals surface area contributed by atoms with Crippen LogP contribution >= 0.6 is 35.2 Å². The highest BCUT2D eigenvalue weighted by atomic mass is 32.2. The molecule has 0 radical (unpaired) electrons. The number of aliphatic hydroxyl groups excluding tert-OH is 2. The molecule has 2 aromatic heterocycles. The van der Waals surface area contributed by atoms with Crippen LogP contribution in [0.2, 0.25) is 0 Å². The molecule has 0 saturated carbocycles. The van der Waals surface area contributed by atoms with E-state index >= 15 is 0 Å². The molecule has 3 saturated heterocycles. The number of carbonyl (C=O) groups excluding carboxylic acids is 2. The minimum absolute atomic E-state index is 0.0267. The van der Waals surface area contributed by atoms with Crippen LogP contribution in [0.25, 0.3) is 11.2 Å². The summed E-state index contributed by atoms with van der Waals surface area (Å²) in [5, 5.41) is 31.8. The second-order valence-electron chi connectivity index (χ2n) is 12.5. The number of nitrogen functional groups attached to an aromatic ring is 1. The molecule has 3 aliphatic rings. The molecule has 298 valence electrons. The van der Waals surface area contributed by atoms with Gasteiger partial charge in [0.1, 0.15) is 30.2 Å². The second-order valence-corrected chi connectivity index (χ2v) is 18.5. The van der Waals surface area contributed by atoms with Gasteiger partial charge in [-0.3, -0.25) is 32.5 Å². The van der Waals surface area contributed by atoms with E-state index in [4.69, 9.17) is 10.5 Å². The fourth-order valence-electron chi connectivity index (χ4n) is 6.05. The van der Waals surface area contributed by atoms with Gasteiger partial charge in [0.05, 0.1) is 25.0 Å². The first kappa shape index (κ1) is 41.9. The molecule has 23 nitrogen and oxygen atoms in total. The minimum Gasteiger partial charge on any atom is -0.766 e. The molecule has 0 bridgehead atoms. The Balaban J connectivity index is 0.920. The summed E-state index contributed by atoms with van der Waals surface area (Å²) in [6.45, 7) is -0.842. The van der Waals surface area contributed by atoms with Gasteiger partial charge in [-0.2, -0.15) is 11.8 Å². The Labute approximate surface area is 307 Å². The highest BCUT2D eigenvalue weighted by molar-refractivity contribution is 8.00. The predicted octanol–water partition coefficient (Wildman–Crippen LogP) is -1.53. The van der Waals surface area contributed by atoms with Crippen LogP contribution in [0.5, 0.6) is 0 Å². The van der Waals surface area contributed by atoms with Gasteiger partial charge < -0.3 is 55.8 Å². The SMILES string of the molecule is Nc1ncnc2c1ncn2[C@@H]1O[C@H](COP(=O)([O-])OP(=O)([O-])OP(=O)([O-])NCCCCCCNC(=O)CCCC[C@@H]2SC[C@@H]3NC(=O)N[C@@H]32)[C@@H](O)[C@H]1O. The molecule has 10 atom stereocenters. The molecular formula is C26H41N9O14P3S-3. The Bertz CT molecular complexity index is 1740. The van der Waals surface area contributed by atoms with Crippen molar-refractivity contribution in [1.29, 1.82) is 0 Å². The zero-order valence-corrected chi connectivity index (χ0v) is 31.6. The summed E-state index contributed by atoms with van der Waals surface area (Å²) >= 11 is 1.83. The van der Waals surface area contributed by atoms with Crippen molar-refractivity contribution in [2.24, 2.45) is 0 Å². The molecule has 0 aromatic carbocycles. The normalized spacial score (nSPS) is 28.8. The maximum absolute atomic E-state index is 12.2. The molecule has 3 amide bonds. The van der Waals surface area contributed by atoms with Crippen LogP contribution in [-0.4, -0.2) is 103 Å². The van der Waals surface area contributed by atoms with E-state index in [0.29, 0.717) is 37.5 Å². The Kier molecular flexibility index (Phi) is 14.3. The van der Waals surface area contributed by atoms with Gasteiger partial charge in [-0.25, -0.2) is 24.1 Å². The van der Waals surface area contributed by atoms with Crippen LogP contribution in [0.4, 0.5) is 10.6 Å². The van der Waals surface area contributed by atoms with Gasteiger partial charge in [0.25, 0.3) is 15.6 Å². The Morgan fingerprint density at radius 1 is 1.02 bits per heavy atom. The van der Waals surface area contributed by atoms with Crippen LogP contribution in [-0.2, 0) is 36.4 Å². The third-order valence-electron chi connectivity index (χ3n) is 8.61. The average Bonchev–Trinajstić information content (AvgIpc) is 3.83. The Hall–Kier alpha value is -2.27. The highest BCUT2D eigenvalue weighted by Crippen LogP contribution is 2.61. The monoisotopic (exact) mass is 828 g/mol. The molecule has 3 aliphatic heterocycles. The van der Waals surface area contributed by atoms with Gasteiger partial charge in [-0.15, -0.1) is 0 Å². The van der Waals surface area contributed by atoms with Crippen molar-refractivity contribution >= 4 is 64.1 Å². The fraction of sp³-hybridized carbons (Fsp3) is 0.731. The lowest BCUT2D eigenvalue weighted by atomic mass is 10.0. The van der Waals surface area contributed by atoms with Gasteiger partial charge >= 0.3 is 6.03 Å². The predicted molar refractivity (Wildman–Crippen MR) is 180 cm³/mol. The summed E-state index contributed by atoms with van der Waals surface area (Å²) in [5.41, 5.74) is 6.03. The average molecular weight is 829 g/mol. The van der Waals surface area contributed by atoms with Gasteiger partial charge in [0.2, 0.25) is 13.7 Å². The van der Waals surface area contributed by atoms with E-state index in [0.717, 1.165) is 31.3 Å². The number of thioether (sulfide) groups is 1. The number of carbonyl (C=O) groups is 2. The molecule has 53 heavy (non-hydrogen) atoms. The number of imidazole rings is 1. The third-order valence-corrected chi connectivity index (χ3v) is 14.5. The minimum atomic E-state index is -6.05. The standard InChI is InChI=1S/C26H44N9O14P3S/c27-23-20-24(30-13-29-23)35(14-31-20)25-22(38)21(37)16(47-25)11-46-51(42,43)49-52(44,45)48-50(40,41)32-10-6-2-1-5-9-28-18(36)8-4-3-7-17-19-15(12-53-17)33-26(39)34-19/h13-17,19,21-22,25,37-38H,1-12H2,(H,28,36)(H,42,43)(H,44,45)(H2,27,29,30)(H2,32,40,41)(H2,33,34,39)/p-3/t15-,16+,17-,19-,21+,22+,25+/m0/s1. The maximum atomic E-state index is 12.2. The summed E-state index contributed by atoms with van der Waals surface area (Å²) in [5.74, 6) is 0.843. The molecule has 5 heterocycles. The van der Waals surface area contributed by atoms with Crippen molar-refractivity contribution in [2.75, 3.05) is 31.2 Å². The first-order chi connectivity index (χ1) is 25.0. The number of aromatic nitrogens is 4. The number of phosphoric ester groups is 1. The third kappa shape index (κ3) is 11.6. The number of nitrogens with zero attached hydrogens (tertiary/aromatic N) is 4. The zero-order chi connectivity index (χ0) is 38.4. The highest BCUT2D eigenvalue weighted by Gasteiger charge is 2.45. The van der Waals surface area contributed by atoms with E-state index < -0.39 is 54.5 Å². The van der Waals surface area contributed by atoms with Crippen molar-refractivity contribution in [3.8, 4) is 0 Å². The number of amides is 3. The van der Waals surface area contributed by atoms with Crippen molar-refractivity contribution in [2.45, 2.75) is 93.2 Å². The molecular weight excluding hydrogens is 787 g/mol. The van der Waals surface area contributed by atoms with E-state index in [1.54, 1.807) is 0 Å². The lowest BCUT2D eigenvalue weighted by Gasteiger charge is -2.35. The van der Waals surface area contributed by atoms with Gasteiger partial charge in [-0.1, -0.05) is 19.3 Å². The number of nitrogens with two attached hydrogens (primary N) is 1. The largest absolute Gasteiger partial charge is 0.766 e. The van der Waals surface area contributed by atoms with Crippen molar-refractivity contribution < 1.29 is 66.1 Å². The molecule has 0 spiro atoms. The number of ether oxygens (including phenoxy) is 1. The van der Waals surface area contributed by atoms with Crippen molar-refractivity contribution in [1.82, 2.24) is 40.6 Å². The van der Waals surface area contributed by atoms with Crippen LogP contribution in [0, 0.1) is 0 Å². The van der Waals surface area contributed by atoms with E-state index in [1.807, 2.05) is 16.8 Å². The molecule has 0 aliphatic carbocycles. The fourth-order valence-corrected chi connectivity index (χ4v) is 11.2. The maximum Gasteiger partial charge on any atom is 0.315 e. The van der Waals surface area contributed by atoms with Crippen LogP contribution in [0.15, 0.2) is 12.7 Å². The topological polar surface area (TPSA) is 350 Å². The number of phosphoric acid groups is 2. The number of unbranched alkanes of at least 4 members (excludes halogenated alkanes) is 4. The number of hydrogen-bond acceptors (Lipinski definition) is 19. The summed E-state index contributed by atoms with van der Waals surface area (Å²) in [6, 6.07) is 0.182. The van der Waals surface area contributed by atoms with Gasteiger partial charge in [0.15, 0.2) is 17.7 Å². The first-order valence-electron chi connectivity index (χ1n) is 16.7. The molecule has 3 unspecified atom stereocenters. The lowest BCUT2D eigenvalue weighted by molar-refractivity contribution is -0.246. The molecule has 8 N–H and O–H groups in total. The number of anilines is 1. The lowest BCUT2D eigenvalue weighted by Crippen LogP contribution is -2.36. The van der Waals surface area contributed by atoms with Crippen LogP contribution in [0.3, 0.4) is 0 Å². The number of hydrogen-bond donors (Lipinski definition) is 7. The summed E-state index contributed by atoms with van der Waals surface area (Å²) in [4.78, 5) is 71.8. The number of nitrogens with one attached hydrogen (secondary N) is 4. The molecule has 5 rings (SSSR count). The summed E-state index contributed by atoms with van der Waals surface area (Å²) < 4.78 is 55.4. The van der Waals surface area contributed by atoms with Crippen molar-refractivity contribution in [3.63, 3.8) is 0 Å². The van der Waals surface area contributed by atoms with E-state index in [9.17, 15) is 48.2 Å². The summed E-state index contributed by atoms with van der Waals surface area (Å²) in [6.07, 6.45) is 1.03. The van der Waals surface area contributed by atoms with E-state index in [1.165, 1.54) is 10.9 Å². The van der Waals surface area contributed by atoms with Crippen molar-refractivity contribution in [3.05, 3.63) is 12.7 Å². The molecule has 27 heteroatoms. The van der Waals surface area contributed by atoms with Gasteiger partial charge in [-0.05, 0) is 25.7 Å². The van der Waals surface area contributed by atoms with Gasteiger partial charge in [0, 0.05) is 30.5 Å². The molecule has 3 fully saturated rings. The summed E-state index contributed by atoms with van der Waals surface area (Å²) in [7, 11) is -17.2. The second kappa shape index (κ2) is 18.1. The number of urea groups is 1. The Morgan fingerprint density at radius 3 is 2.55 bits per heavy atom. The number of fused-ring (bicyclic) bond motifs is 2. The van der Waals surface area contributed by atoms with Crippen LogP contribution < -0.4 is 41.5 Å². The van der Waals surface area contributed by atoms with E-state index in [2.05, 4.69) is 44.0 Å². The van der Waals surface area contributed by atoms with Crippen LogP contribution in [0.1, 0.15) is 57.6 Å². The molecule has 2 aromatic rings. The zero-order valence-electron chi connectivity index (χ0n) is 28.1. The number of aliphatic hydroxyl groups is 2. The Morgan fingerprint density at radius 2 is 1.77 bits per heavy atom. The van der Waals surface area contributed by atoms with E-state index in [-0.39, 0.29) is 54.0 Å². The smallest absolute Gasteiger partial charge is 0.315 e. The first-order valence-corrected chi connectivity index (χ1v) is 22.2.